The van der Waals surface area contributed by atoms with E-state index >= 15 is 0 Å². The van der Waals surface area contributed by atoms with Crippen LogP contribution in [0.1, 0.15) is 19.4 Å². The highest BCUT2D eigenvalue weighted by Crippen LogP contribution is 2.34. The van der Waals surface area contributed by atoms with Crippen molar-refractivity contribution < 1.29 is 18.0 Å². The number of carbonyl (C=O) groups excluding carboxylic acids is 1. The number of nitrogens with zero attached hydrogens (tertiary/aromatic N) is 2. The van der Waals surface area contributed by atoms with E-state index in [1.54, 1.807) is 18.2 Å². The van der Waals surface area contributed by atoms with Crippen molar-refractivity contribution in [2.45, 2.75) is 25.2 Å². The molecule has 3 rings (SSSR count). The van der Waals surface area contributed by atoms with Crippen molar-refractivity contribution in [3.8, 4) is 5.69 Å². The van der Waals surface area contributed by atoms with Crippen LogP contribution in [0.4, 0.5) is 13.2 Å². The quantitative estimate of drug-likeness (QED) is 0.464. The van der Waals surface area contributed by atoms with E-state index in [2.05, 4.69) is 10.3 Å². The zero-order chi connectivity index (χ0) is 21.9. The molecule has 1 aromatic heterocycles. The Balaban J connectivity index is 2.11. The zero-order valence-corrected chi connectivity index (χ0v) is 17.2. The average molecular weight is 435 g/mol. The van der Waals surface area contributed by atoms with Gasteiger partial charge < -0.3 is 5.32 Å². The summed E-state index contributed by atoms with van der Waals surface area (Å²) in [5.74, 6) is -0.104. The summed E-state index contributed by atoms with van der Waals surface area (Å²) in [6, 6.07) is 11.3. The molecule has 2 aromatic carbocycles. The van der Waals surface area contributed by atoms with E-state index in [-0.39, 0.29) is 33.8 Å². The number of alkyl halides is 3. The molecule has 5 nitrogen and oxygen atoms in total. The molecule has 3 aromatic rings. The number of hydrogen-bond acceptors (Lipinski definition) is 4. The number of nitrogens with one attached hydrogen (secondary N) is 1. The number of rotatable bonds is 6. The first-order chi connectivity index (χ1) is 14.2. The second-order valence-corrected chi connectivity index (χ2v) is 8.00. The molecule has 30 heavy (non-hydrogen) atoms. The van der Waals surface area contributed by atoms with Crippen LogP contribution in [0.3, 0.4) is 0 Å². The summed E-state index contributed by atoms with van der Waals surface area (Å²) >= 11 is 0.922. The monoisotopic (exact) mass is 435 g/mol. The SMILES string of the molecule is CC(C)CNC(=O)CSc1nc2ccccc2c(=O)n1-c1ccccc1C(F)(F)F. The number of halogens is 3. The predicted octanol–water partition coefficient (Wildman–Crippen LogP) is 4.27. The molecule has 0 saturated carbocycles. The second kappa shape index (κ2) is 8.91. The lowest BCUT2D eigenvalue weighted by atomic mass is 10.1. The van der Waals surface area contributed by atoms with Gasteiger partial charge in [0.05, 0.1) is 27.9 Å². The van der Waals surface area contributed by atoms with Crippen molar-refractivity contribution in [2.24, 2.45) is 5.92 Å². The number of para-hydroxylation sites is 2. The van der Waals surface area contributed by atoms with Gasteiger partial charge in [-0.1, -0.05) is 49.9 Å². The van der Waals surface area contributed by atoms with Crippen molar-refractivity contribution in [1.29, 1.82) is 0 Å². The van der Waals surface area contributed by atoms with Gasteiger partial charge in [-0.3, -0.25) is 14.2 Å². The smallest absolute Gasteiger partial charge is 0.355 e. The van der Waals surface area contributed by atoms with Crippen molar-refractivity contribution in [3.05, 3.63) is 64.4 Å². The van der Waals surface area contributed by atoms with Crippen LogP contribution in [0, 0.1) is 5.92 Å². The van der Waals surface area contributed by atoms with Crippen LogP contribution in [0.2, 0.25) is 0 Å². The lowest BCUT2D eigenvalue weighted by molar-refractivity contribution is -0.137. The molecule has 1 heterocycles. The summed E-state index contributed by atoms with van der Waals surface area (Å²) in [5.41, 5.74) is -1.54. The highest BCUT2D eigenvalue weighted by Gasteiger charge is 2.34. The fourth-order valence-corrected chi connectivity index (χ4v) is 3.66. The Kier molecular flexibility index (Phi) is 6.50. The van der Waals surface area contributed by atoms with E-state index in [9.17, 15) is 22.8 Å². The minimum Gasteiger partial charge on any atom is -0.355 e. The van der Waals surface area contributed by atoms with Crippen LogP contribution in [0.15, 0.2) is 58.5 Å². The summed E-state index contributed by atoms with van der Waals surface area (Å²) in [6.07, 6.45) is -4.65. The fourth-order valence-electron chi connectivity index (χ4n) is 2.83. The molecule has 0 aliphatic carbocycles. The first-order valence-corrected chi connectivity index (χ1v) is 10.2. The number of hydrogen-bond donors (Lipinski definition) is 1. The van der Waals surface area contributed by atoms with Crippen molar-refractivity contribution in [3.63, 3.8) is 0 Å². The van der Waals surface area contributed by atoms with Gasteiger partial charge in [-0.15, -0.1) is 0 Å². The van der Waals surface area contributed by atoms with Gasteiger partial charge in [0.1, 0.15) is 0 Å². The number of carbonyl (C=O) groups is 1. The van der Waals surface area contributed by atoms with Gasteiger partial charge >= 0.3 is 6.18 Å². The summed E-state index contributed by atoms with van der Waals surface area (Å²) in [5, 5.41) is 2.96. The molecule has 1 amide bonds. The molecule has 0 aliphatic heterocycles. The Morgan fingerprint density at radius 3 is 2.50 bits per heavy atom. The Labute approximate surface area is 175 Å². The van der Waals surface area contributed by atoms with Gasteiger partial charge in [-0.25, -0.2) is 4.98 Å². The molecule has 0 atom stereocenters. The molecule has 9 heteroatoms. The molecule has 0 bridgehead atoms. The van der Waals surface area contributed by atoms with Gasteiger partial charge in [0.2, 0.25) is 5.91 Å². The standard InChI is InChI=1S/C21H20F3N3O2S/c1-13(2)11-25-18(28)12-30-20-26-16-9-5-3-7-14(16)19(29)27(20)17-10-6-4-8-15(17)21(22,23)24/h3-10,13H,11-12H2,1-2H3,(H,25,28). The third kappa shape index (κ3) is 4.84. The Morgan fingerprint density at radius 1 is 1.13 bits per heavy atom. The molecule has 0 unspecified atom stereocenters. The van der Waals surface area contributed by atoms with E-state index in [1.807, 2.05) is 13.8 Å². The van der Waals surface area contributed by atoms with Crippen molar-refractivity contribution in [2.75, 3.05) is 12.3 Å². The van der Waals surface area contributed by atoms with E-state index in [4.69, 9.17) is 0 Å². The molecular weight excluding hydrogens is 415 g/mol. The Morgan fingerprint density at radius 2 is 1.80 bits per heavy atom. The van der Waals surface area contributed by atoms with E-state index in [1.165, 1.54) is 24.3 Å². The van der Waals surface area contributed by atoms with Crippen LogP contribution in [0.5, 0.6) is 0 Å². The van der Waals surface area contributed by atoms with Gasteiger partial charge in [0.15, 0.2) is 5.16 Å². The molecule has 0 fully saturated rings. The van der Waals surface area contributed by atoms with Crippen LogP contribution >= 0.6 is 11.8 Å². The third-order valence-corrected chi connectivity index (χ3v) is 5.17. The number of fused-ring (bicyclic) bond motifs is 1. The molecule has 0 spiro atoms. The fraction of sp³-hybridized carbons (Fsp3) is 0.286. The first-order valence-electron chi connectivity index (χ1n) is 9.26. The predicted molar refractivity (Wildman–Crippen MR) is 111 cm³/mol. The van der Waals surface area contributed by atoms with Crippen molar-refractivity contribution in [1.82, 2.24) is 14.9 Å². The lowest BCUT2D eigenvalue weighted by Crippen LogP contribution is -2.29. The van der Waals surface area contributed by atoms with E-state index in [0.29, 0.717) is 12.1 Å². The van der Waals surface area contributed by atoms with Crippen LogP contribution in [0.25, 0.3) is 16.6 Å². The normalized spacial score (nSPS) is 11.8. The summed E-state index contributed by atoms with van der Waals surface area (Å²) in [7, 11) is 0. The summed E-state index contributed by atoms with van der Waals surface area (Å²) < 4.78 is 41.7. The maximum absolute atomic E-state index is 13.6. The van der Waals surface area contributed by atoms with Gasteiger partial charge in [0.25, 0.3) is 5.56 Å². The highest BCUT2D eigenvalue weighted by atomic mass is 32.2. The number of amides is 1. The largest absolute Gasteiger partial charge is 0.418 e. The molecule has 1 N–H and O–H groups in total. The zero-order valence-electron chi connectivity index (χ0n) is 16.4. The van der Waals surface area contributed by atoms with Crippen LogP contribution in [-0.4, -0.2) is 27.8 Å². The summed E-state index contributed by atoms with van der Waals surface area (Å²) in [4.78, 5) is 29.6. The van der Waals surface area contributed by atoms with Gasteiger partial charge in [-0.05, 0) is 30.2 Å². The van der Waals surface area contributed by atoms with Gasteiger partial charge in [-0.2, -0.15) is 13.2 Å². The number of thioether (sulfide) groups is 1. The Bertz CT molecular complexity index is 1130. The third-order valence-electron chi connectivity index (χ3n) is 4.24. The maximum Gasteiger partial charge on any atom is 0.418 e. The molecule has 0 radical (unpaired) electrons. The van der Waals surface area contributed by atoms with E-state index in [0.717, 1.165) is 22.4 Å². The second-order valence-electron chi connectivity index (χ2n) is 7.05. The van der Waals surface area contributed by atoms with Crippen LogP contribution < -0.4 is 10.9 Å². The minimum absolute atomic E-state index is 0.0232. The number of benzene rings is 2. The maximum atomic E-state index is 13.6. The molecule has 158 valence electrons. The average Bonchev–Trinajstić information content (AvgIpc) is 2.70. The number of aromatic nitrogens is 2. The topological polar surface area (TPSA) is 64.0 Å². The van der Waals surface area contributed by atoms with Gasteiger partial charge in [0, 0.05) is 6.54 Å². The molecule has 0 aliphatic rings. The molecule has 0 saturated heterocycles. The molecular formula is C21H20F3N3O2S. The Hall–Kier alpha value is -2.81. The lowest BCUT2D eigenvalue weighted by Gasteiger charge is -2.17. The first kappa shape index (κ1) is 21.9. The summed E-state index contributed by atoms with van der Waals surface area (Å²) in [6.45, 7) is 4.38. The van der Waals surface area contributed by atoms with Crippen LogP contribution in [-0.2, 0) is 11.0 Å². The minimum atomic E-state index is -4.65. The highest BCUT2D eigenvalue weighted by molar-refractivity contribution is 7.99. The van der Waals surface area contributed by atoms with E-state index < -0.39 is 17.3 Å². The van der Waals surface area contributed by atoms with Crippen molar-refractivity contribution >= 4 is 28.6 Å².